The summed E-state index contributed by atoms with van der Waals surface area (Å²) in [5.74, 6) is 0. The van der Waals surface area contributed by atoms with Gasteiger partial charge in [0.1, 0.15) is 6.10 Å². The fourth-order valence-electron chi connectivity index (χ4n) is 6.63. The molecular weight excluding hydrogens is 551 g/mol. The Morgan fingerprint density at radius 3 is 1.17 bits per heavy atom. The lowest BCUT2D eigenvalue weighted by Crippen LogP contribution is -2.71. The minimum atomic E-state index is -2.93. The Balaban J connectivity index is 1.66. The molecule has 0 radical (unpaired) electrons. The highest BCUT2D eigenvalue weighted by Gasteiger charge is 2.57. The van der Waals surface area contributed by atoms with Crippen LogP contribution in [0.2, 0.25) is 10.1 Å². The third kappa shape index (κ3) is 5.44. The molecule has 0 saturated heterocycles. The fourth-order valence-corrected chi connectivity index (χ4v) is 15.9. The summed E-state index contributed by atoms with van der Waals surface area (Å²) >= 11 is 0. The number of rotatable bonds is 8. The lowest BCUT2D eigenvalue weighted by Gasteiger charge is -2.47. The molecule has 1 heterocycles. The Labute approximate surface area is 253 Å². The molecule has 0 bridgehead atoms. The molecule has 1 aliphatic rings. The van der Waals surface area contributed by atoms with Crippen molar-refractivity contribution in [1.29, 1.82) is 0 Å². The Kier molecular flexibility index (Phi) is 8.45. The van der Waals surface area contributed by atoms with Crippen molar-refractivity contribution in [3.05, 3.63) is 127 Å². The molecule has 0 amide bonds. The van der Waals surface area contributed by atoms with E-state index in [0.29, 0.717) is 0 Å². The zero-order valence-electron chi connectivity index (χ0n) is 25.7. The van der Waals surface area contributed by atoms with E-state index in [0.717, 1.165) is 4.74 Å². The van der Waals surface area contributed by atoms with Gasteiger partial charge in [0.2, 0.25) is 0 Å². The van der Waals surface area contributed by atoms with E-state index >= 15 is 0 Å². The zero-order chi connectivity index (χ0) is 30.0. The predicted molar refractivity (Wildman–Crippen MR) is 180 cm³/mol. The fraction of sp³-hybridized carbons (Fsp3) is 0.306. The first-order valence-corrected chi connectivity index (χ1v) is 18.7. The molecule has 42 heavy (non-hydrogen) atoms. The van der Waals surface area contributed by atoms with E-state index in [2.05, 4.69) is 139 Å². The van der Waals surface area contributed by atoms with Crippen LogP contribution < -0.4 is 20.7 Å². The maximum absolute atomic E-state index is 13.2. The van der Waals surface area contributed by atoms with E-state index in [9.17, 15) is 5.21 Å². The minimum Gasteiger partial charge on any atom is -0.624 e. The second-order valence-corrected chi connectivity index (χ2v) is 21.8. The molecular formula is C36H43NO3Si2. The van der Waals surface area contributed by atoms with E-state index in [-0.39, 0.29) is 16.6 Å². The molecule has 5 rings (SSSR count). The Morgan fingerprint density at radius 2 is 0.857 bits per heavy atom. The van der Waals surface area contributed by atoms with Gasteiger partial charge in [-0.2, -0.15) is 0 Å². The van der Waals surface area contributed by atoms with Gasteiger partial charge in [0.15, 0.2) is 18.9 Å². The number of nitrogens with zero attached hydrogens (tertiary/aromatic N) is 1. The van der Waals surface area contributed by atoms with Gasteiger partial charge in [-0.05, 0) is 30.8 Å². The molecule has 0 aromatic heterocycles. The Morgan fingerprint density at radius 1 is 0.548 bits per heavy atom. The van der Waals surface area contributed by atoms with Crippen LogP contribution in [0.25, 0.3) is 0 Å². The lowest BCUT2D eigenvalue weighted by molar-refractivity contribution is -0.451. The number of hydrogen-bond acceptors (Lipinski definition) is 3. The van der Waals surface area contributed by atoms with Crippen molar-refractivity contribution in [2.75, 3.05) is 6.54 Å². The predicted octanol–water partition coefficient (Wildman–Crippen LogP) is 5.47. The zero-order valence-corrected chi connectivity index (χ0v) is 27.7. The summed E-state index contributed by atoms with van der Waals surface area (Å²) in [5, 5.41) is 17.5. The minimum absolute atomic E-state index is 0.214. The van der Waals surface area contributed by atoms with Crippen LogP contribution in [0.3, 0.4) is 0 Å². The van der Waals surface area contributed by atoms with Crippen molar-refractivity contribution in [3.63, 3.8) is 0 Å². The van der Waals surface area contributed by atoms with Crippen molar-refractivity contribution in [2.45, 2.75) is 63.8 Å². The molecule has 2 atom stereocenters. The van der Waals surface area contributed by atoms with Gasteiger partial charge in [0.25, 0.3) is 16.6 Å². The molecule has 4 aromatic carbocycles. The van der Waals surface area contributed by atoms with Crippen LogP contribution in [-0.4, -0.2) is 46.3 Å². The molecule has 0 N–H and O–H groups in total. The average molecular weight is 594 g/mol. The Hall–Kier alpha value is -3.30. The third-order valence-corrected chi connectivity index (χ3v) is 18.6. The molecule has 0 fully saturated rings. The summed E-state index contributed by atoms with van der Waals surface area (Å²) in [6.45, 7) is 13.8. The number of hydrogen-bond donors (Lipinski definition) is 0. The molecule has 0 saturated carbocycles. The highest BCUT2D eigenvalue weighted by atomic mass is 28.4. The van der Waals surface area contributed by atoms with Crippen LogP contribution in [0.5, 0.6) is 0 Å². The van der Waals surface area contributed by atoms with Crippen molar-refractivity contribution < 1.29 is 13.6 Å². The summed E-state index contributed by atoms with van der Waals surface area (Å²) < 4.78 is 16.0. The van der Waals surface area contributed by atoms with Crippen molar-refractivity contribution in [2.24, 2.45) is 0 Å². The molecule has 218 valence electrons. The summed E-state index contributed by atoms with van der Waals surface area (Å²) in [5.41, 5.74) is 0. The highest BCUT2D eigenvalue weighted by Crippen LogP contribution is 2.41. The van der Waals surface area contributed by atoms with E-state index in [1.807, 2.05) is 24.3 Å². The monoisotopic (exact) mass is 593 g/mol. The molecule has 0 unspecified atom stereocenters. The van der Waals surface area contributed by atoms with Gasteiger partial charge in [-0.25, -0.2) is 4.74 Å². The largest absolute Gasteiger partial charge is 0.624 e. The molecule has 1 aliphatic heterocycles. The van der Waals surface area contributed by atoms with Crippen LogP contribution in [0.4, 0.5) is 0 Å². The van der Waals surface area contributed by atoms with Crippen LogP contribution >= 0.6 is 0 Å². The second kappa shape index (κ2) is 11.8. The molecule has 4 nitrogen and oxygen atoms in total. The third-order valence-electron chi connectivity index (χ3n) is 8.51. The number of hydroxylamine groups is 1. The van der Waals surface area contributed by atoms with Gasteiger partial charge in [0, 0.05) is 0 Å². The van der Waals surface area contributed by atoms with E-state index in [1.165, 1.54) is 20.7 Å². The quantitative estimate of drug-likeness (QED) is 0.155. The lowest BCUT2D eigenvalue weighted by atomic mass is 10.2. The van der Waals surface area contributed by atoms with Gasteiger partial charge in [0.05, 0.1) is 0 Å². The maximum Gasteiger partial charge on any atom is 0.262 e. The molecule has 0 aliphatic carbocycles. The SMILES string of the molecule is CC(C)(C)[Si](O[C@@H]1C=[N+]([O-])C[C@H]1O[Si](c1ccccc1)(c1ccccc1)C(C)(C)C)(c1ccccc1)c1ccccc1. The molecule has 4 aromatic rings. The normalized spacial score (nSPS) is 18.1. The summed E-state index contributed by atoms with van der Waals surface area (Å²) in [4.78, 5) is 0. The van der Waals surface area contributed by atoms with Crippen LogP contribution in [0.15, 0.2) is 121 Å². The van der Waals surface area contributed by atoms with Crippen LogP contribution in [-0.2, 0) is 8.85 Å². The van der Waals surface area contributed by atoms with Gasteiger partial charge in [-0.15, -0.1) is 0 Å². The smallest absolute Gasteiger partial charge is 0.262 e. The standard InChI is InChI=1S/C36H43NO3Si2/c1-35(2,3)41(29-19-11-7-12-20-29,30-21-13-8-14-22-30)39-33-27-37(38)28-34(33)40-42(36(4,5)6,31-23-15-9-16-24-31)32-25-17-10-18-26-32/h7-27,33-34H,28H2,1-6H3/t33-,34-/m1/s1. The van der Waals surface area contributed by atoms with E-state index < -0.39 is 28.8 Å². The first-order valence-electron chi connectivity index (χ1n) is 14.9. The van der Waals surface area contributed by atoms with Crippen LogP contribution in [0.1, 0.15) is 41.5 Å². The summed E-state index contributed by atoms with van der Waals surface area (Å²) in [6.07, 6.45) is 0.771. The average Bonchev–Trinajstić information content (AvgIpc) is 3.33. The first kappa shape index (κ1) is 30.2. The van der Waals surface area contributed by atoms with Gasteiger partial charge in [-0.1, -0.05) is 163 Å². The van der Waals surface area contributed by atoms with Crippen molar-refractivity contribution >= 4 is 43.6 Å². The number of benzene rings is 4. The maximum atomic E-state index is 13.2. The summed E-state index contributed by atoms with van der Waals surface area (Å²) in [7, 11) is -5.84. The van der Waals surface area contributed by atoms with Gasteiger partial charge >= 0.3 is 0 Å². The molecule has 0 spiro atoms. The van der Waals surface area contributed by atoms with E-state index in [4.69, 9.17) is 8.85 Å². The van der Waals surface area contributed by atoms with Crippen molar-refractivity contribution in [1.82, 2.24) is 0 Å². The van der Waals surface area contributed by atoms with Gasteiger partial charge < -0.3 is 14.1 Å². The van der Waals surface area contributed by atoms with Crippen molar-refractivity contribution in [3.8, 4) is 0 Å². The second-order valence-electron chi connectivity index (χ2n) is 13.3. The first-order chi connectivity index (χ1) is 20.0. The van der Waals surface area contributed by atoms with Crippen LogP contribution in [0, 0.1) is 5.21 Å². The van der Waals surface area contributed by atoms with Gasteiger partial charge in [-0.3, -0.25) is 0 Å². The Bertz CT molecular complexity index is 1400. The molecule has 6 heteroatoms. The summed E-state index contributed by atoms with van der Waals surface area (Å²) in [6, 6.07) is 42.4. The topological polar surface area (TPSA) is 44.5 Å². The van der Waals surface area contributed by atoms with E-state index in [1.54, 1.807) is 6.21 Å². The highest BCUT2D eigenvalue weighted by molar-refractivity contribution is 7.00.